The van der Waals surface area contributed by atoms with Gasteiger partial charge in [-0.25, -0.2) is 4.79 Å². The molecule has 13 nitrogen and oxygen atoms in total. The first-order valence-electron chi connectivity index (χ1n) is 11.5. The second kappa shape index (κ2) is 12.1. The van der Waals surface area contributed by atoms with E-state index in [1.807, 2.05) is 18.2 Å². The molecule has 1 saturated heterocycles. The molecule has 4 atom stereocenters. The molecule has 2 aromatic rings. The van der Waals surface area contributed by atoms with Gasteiger partial charge in [-0.1, -0.05) is 18.2 Å². The Kier molecular flexibility index (Phi) is 8.97. The van der Waals surface area contributed by atoms with E-state index in [1.54, 1.807) is 12.3 Å². The number of aliphatic carboxylic acids is 1. The summed E-state index contributed by atoms with van der Waals surface area (Å²) < 4.78 is 0. The number of carboxylic acids is 1. The van der Waals surface area contributed by atoms with Gasteiger partial charge in [-0.3, -0.25) is 19.2 Å². The number of fused-ring (bicyclic) bond motifs is 1. The number of rotatable bonds is 12. The fraction of sp³-hybridized carbons (Fsp3) is 0.435. The van der Waals surface area contributed by atoms with Crippen LogP contribution in [0.5, 0.6) is 0 Å². The molecular weight excluding hydrogens is 472 g/mol. The average molecular weight is 503 g/mol. The summed E-state index contributed by atoms with van der Waals surface area (Å²) in [5.41, 5.74) is 6.67. The molecule has 194 valence electrons. The van der Waals surface area contributed by atoms with Crippen LogP contribution in [0.2, 0.25) is 0 Å². The molecule has 4 unspecified atom stereocenters. The second-order valence-corrected chi connectivity index (χ2v) is 8.59. The highest BCUT2D eigenvalue weighted by atomic mass is 16.4. The number of carbonyl (C=O) groups excluding carboxylic acids is 4. The highest BCUT2D eigenvalue weighted by Gasteiger charge is 2.32. The van der Waals surface area contributed by atoms with E-state index in [0.717, 1.165) is 17.3 Å². The zero-order chi connectivity index (χ0) is 26.2. The Hall–Kier alpha value is -3.97. The fourth-order valence-corrected chi connectivity index (χ4v) is 4.05. The number of para-hydroxylation sites is 1. The molecule has 4 amide bonds. The number of H-pyrrole nitrogens is 1. The second-order valence-electron chi connectivity index (χ2n) is 8.59. The predicted octanol–water partition coefficient (Wildman–Crippen LogP) is -2.13. The molecule has 0 bridgehead atoms. The van der Waals surface area contributed by atoms with E-state index in [4.69, 9.17) is 5.73 Å². The van der Waals surface area contributed by atoms with E-state index in [2.05, 4.69) is 26.3 Å². The lowest BCUT2D eigenvalue weighted by atomic mass is 10.0. The van der Waals surface area contributed by atoms with E-state index in [-0.39, 0.29) is 6.42 Å². The van der Waals surface area contributed by atoms with Crippen LogP contribution in [0.15, 0.2) is 30.5 Å². The first kappa shape index (κ1) is 26.6. The van der Waals surface area contributed by atoms with Gasteiger partial charge in [0.15, 0.2) is 0 Å². The molecule has 0 spiro atoms. The van der Waals surface area contributed by atoms with Crippen molar-refractivity contribution in [2.24, 2.45) is 5.73 Å². The number of carbonyl (C=O) groups is 5. The van der Waals surface area contributed by atoms with Gasteiger partial charge in [0.1, 0.15) is 18.1 Å². The fourth-order valence-electron chi connectivity index (χ4n) is 4.05. The summed E-state index contributed by atoms with van der Waals surface area (Å²) in [6.45, 7) is -0.105. The number of aromatic amines is 1. The zero-order valence-electron chi connectivity index (χ0n) is 19.5. The minimum atomic E-state index is -1.52. The highest BCUT2D eigenvalue weighted by Crippen LogP contribution is 2.19. The maximum absolute atomic E-state index is 12.9. The minimum absolute atomic E-state index is 0.0635. The van der Waals surface area contributed by atoms with Crippen molar-refractivity contribution < 1.29 is 34.2 Å². The topological polar surface area (TPSA) is 216 Å². The number of nitrogens with two attached hydrogens (primary N) is 1. The van der Waals surface area contributed by atoms with Crippen LogP contribution in [0.3, 0.4) is 0 Å². The van der Waals surface area contributed by atoms with E-state index < -0.39 is 66.8 Å². The minimum Gasteiger partial charge on any atom is -0.480 e. The first-order valence-corrected chi connectivity index (χ1v) is 11.5. The number of hydrogen-bond acceptors (Lipinski definition) is 7. The number of hydrogen-bond donors (Lipinski definition) is 8. The number of nitrogens with one attached hydrogen (secondary N) is 5. The number of aliphatic hydroxyl groups is 1. The summed E-state index contributed by atoms with van der Waals surface area (Å²) in [5, 5.41) is 30.1. The van der Waals surface area contributed by atoms with E-state index in [1.165, 1.54) is 0 Å². The summed E-state index contributed by atoms with van der Waals surface area (Å²) in [4.78, 5) is 64.3. The van der Waals surface area contributed by atoms with Crippen LogP contribution < -0.4 is 27.0 Å². The Morgan fingerprint density at radius 1 is 1.03 bits per heavy atom. The molecule has 2 heterocycles. The van der Waals surface area contributed by atoms with Crippen molar-refractivity contribution in [1.29, 1.82) is 0 Å². The molecule has 36 heavy (non-hydrogen) atoms. The third kappa shape index (κ3) is 6.79. The van der Waals surface area contributed by atoms with Crippen LogP contribution in [0, 0.1) is 0 Å². The third-order valence-electron chi connectivity index (χ3n) is 5.94. The Morgan fingerprint density at radius 2 is 1.72 bits per heavy atom. The summed E-state index contributed by atoms with van der Waals surface area (Å²) in [7, 11) is 0. The Morgan fingerprint density at radius 3 is 2.36 bits per heavy atom. The standard InChI is InChI=1S/C23H30N6O7/c24-19(31)9-16(27-22(34)18(11-30)29-20(32)15-6-3-7-25-15)21(33)28-17(23(35)36)8-12-10-26-14-5-2-1-4-13(12)14/h1-2,4-5,10,15-18,25-26,30H,3,6-9,11H2,(H2,24,31)(H,27,34)(H,28,33)(H,29,32)(H,35,36). The van der Waals surface area contributed by atoms with Crippen LogP contribution in [0.25, 0.3) is 10.9 Å². The number of benzene rings is 1. The molecule has 1 aromatic carbocycles. The van der Waals surface area contributed by atoms with Gasteiger partial charge in [0.2, 0.25) is 23.6 Å². The molecule has 1 aromatic heterocycles. The first-order chi connectivity index (χ1) is 17.2. The van der Waals surface area contributed by atoms with Gasteiger partial charge in [-0.2, -0.15) is 0 Å². The van der Waals surface area contributed by atoms with E-state index >= 15 is 0 Å². The van der Waals surface area contributed by atoms with Gasteiger partial charge in [0, 0.05) is 23.5 Å². The lowest BCUT2D eigenvalue weighted by molar-refractivity contribution is -0.142. The summed E-state index contributed by atoms with van der Waals surface area (Å²) >= 11 is 0. The van der Waals surface area contributed by atoms with Crippen molar-refractivity contribution in [3.8, 4) is 0 Å². The van der Waals surface area contributed by atoms with E-state index in [9.17, 15) is 34.2 Å². The molecule has 0 radical (unpaired) electrons. The molecule has 9 N–H and O–H groups in total. The molecule has 3 rings (SSSR count). The van der Waals surface area contributed by atoms with Crippen LogP contribution in [-0.2, 0) is 30.4 Å². The van der Waals surface area contributed by atoms with Crippen molar-refractivity contribution in [3.63, 3.8) is 0 Å². The zero-order valence-corrected chi connectivity index (χ0v) is 19.5. The predicted molar refractivity (Wildman–Crippen MR) is 127 cm³/mol. The average Bonchev–Trinajstić information content (AvgIpc) is 3.52. The number of primary amides is 1. The lowest BCUT2D eigenvalue weighted by Gasteiger charge is -2.24. The Balaban J connectivity index is 1.68. The Labute approximate surface area is 206 Å². The van der Waals surface area contributed by atoms with Crippen LogP contribution in [-0.4, -0.2) is 82.1 Å². The third-order valence-corrected chi connectivity index (χ3v) is 5.94. The number of amides is 4. The largest absolute Gasteiger partial charge is 0.480 e. The van der Waals surface area contributed by atoms with Gasteiger partial charge in [0.25, 0.3) is 0 Å². The van der Waals surface area contributed by atoms with Crippen molar-refractivity contribution in [3.05, 3.63) is 36.0 Å². The monoisotopic (exact) mass is 502 g/mol. The molecule has 0 aliphatic carbocycles. The lowest BCUT2D eigenvalue weighted by Crippen LogP contribution is -2.58. The molecule has 1 fully saturated rings. The van der Waals surface area contributed by atoms with Crippen molar-refractivity contribution in [1.82, 2.24) is 26.3 Å². The molecule has 13 heteroatoms. The molecule has 0 saturated carbocycles. The molecule has 1 aliphatic rings. The molecule has 1 aliphatic heterocycles. The van der Waals surface area contributed by atoms with Crippen LogP contribution in [0.4, 0.5) is 0 Å². The summed E-state index contributed by atoms with van der Waals surface area (Å²) in [5.74, 6) is -4.59. The van der Waals surface area contributed by atoms with Crippen LogP contribution >= 0.6 is 0 Å². The van der Waals surface area contributed by atoms with Gasteiger partial charge in [0.05, 0.1) is 19.1 Å². The van der Waals surface area contributed by atoms with Crippen molar-refractivity contribution in [2.75, 3.05) is 13.2 Å². The number of aromatic nitrogens is 1. The quantitative estimate of drug-likeness (QED) is 0.160. The van der Waals surface area contributed by atoms with E-state index in [0.29, 0.717) is 18.5 Å². The normalized spacial score (nSPS) is 17.6. The number of aliphatic hydroxyl groups excluding tert-OH is 1. The van der Waals surface area contributed by atoms with Crippen molar-refractivity contribution >= 4 is 40.5 Å². The van der Waals surface area contributed by atoms with Gasteiger partial charge >= 0.3 is 5.97 Å². The highest BCUT2D eigenvalue weighted by molar-refractivity contribution is 5.96. The van der Waals surface area contributed by atoms with Gasteiger partial charge in [-0.15, -0.1) is 0 Å². The summed E-state index contributed by atoms with van der Waals surface area (Å²) in [6.07, 6.45) is 2.33. The van der Waals surface area contributed by atoms with Crippen molar-refractivity contribution in [2.45, 2.75) is 49.9 Å². The van der Waals surface area contributed by atoms with Gasteiger partial charge < -0.3 is 42.2 Å². The maximum Gasteiger partial charge on any atom is 0.326 e. The SMILES string of the molecule is NC(=O)CC(NC(=O)C(CO)NC(=O)C1CCCN1)C(=O)NC(Cc1c[nH]c2ccccc12)C(=O)O. The van der Waals surface area contributed by atoms with Gasteiger partial charge in [-0.05, 0) is 31.0 Å². The summed E-state index contributed by atoms with van der Waals surface area (Å²) in [6, 6.07) is 2.48. The number of carboxylic acid groups (broad SMARTS) is 1. The Bertz CT molecular complexity index is 1130. The molecular formula is C23H30N6O7. The maximum atomic E-state index is 12.9. The smallest absolute Gasteiger partial charge is 0.326 e. The van der Waals surface area contributed by atoms with Crippen LogP contribution in [0.1, 0.15) is 24.8 Å².